The fraction of sp³-hybridized carbons (Fsp3) is 0.667. The normalized spacial score (nSPS) is 25.0. The van der Waals surface area contributed by atoms with Crippen LogP contribution in [0, 0.1) is 5.92 Å². The van der Waals surface area contributed by atoms with Crippen molar-refractivity contribution in [2.45, 2.75) is 50.0 Å². The molecule has 7 heteroatoms. The molecule has 1 aromatic carbocycles. The third-order valence-electron chi connectivity index (χ3n) is 6.30. The lowest BCUT2D eigenvalue weighted by Gasteiger charge is -2.35. The number of benzene rings is 1. The van der Waals surface area contributed by atoms with E-state index in [1.165, 1.54) is 12.8 Å². The third-order valence-corrected chi connectivity index (χ3v) is 8.31. The number of amides is 1. The van der Waals surface area contributed by atoms with Gasteiger partial charge < -0.3 is 4.90 Å². The average Bonchev–Trinajstić information content (AvgIpc) is 3.52. The van der Waals surface area contributed by atoms with Crippen molar-refractivity contribution in [3.63, 3.8) is 0 Å². The number of piperazine rings is 1. The first-order chi connectivity index (χ1) is 13.4. The maximum atomic E-state index is 13.1. The van der Waals surface area contributed by atoms with Crippen LogP contribution < -0.4 is 0 Å². The van der Waals surface area contributed by atoms with Gasteiger partial charge in [-0.05, 0) is 56.7 Å². The molecule has 2 saturated heterocycles. The predicted octanol–water partition coefficient (Wildman–Crippen LogP) is 2.42. The fourth-order valence-corrected chi connectivity index (χ4v) is 6.08. The summed E-state index contributed by atoms with van der Waals surface area (Å²) in [6.45, 7) is 6.93. The minimum atomic E-state index is -3.56. The molecular formula is C21H31N3O3S. The van der Waals surface area contributed by atoms with E-state index in [-0.39, 0.29) is 16.8 Å². The van der Waals surface area contributed by atoms with Gasteiger partial charge in [-0.15, -0.1) is 0 Å². The second kappa shape index (κ2) is 8.13. The van der Waals surface area contributed by atoms with Gasteiger partial charge in [-0.3, -0.25) is 9.69 Å². The van der Waals surface area contributed by atoms with Crippen LogP contribution in [0.3, 0.4) is 0 Å². The molecule has 2 aliphatic heterocycles. The summed E-state index contributed by atoms with van der Waals surface area (Å²) in [5.74, 6) is 0.802. The lowest BCUT2D eigenvalue weighted by molar-refractivity contribution is 0.0632. The Morgan fingerprint density at radius 3 is 2.46 bits per heavy atom. The highest BCUT2D eigenvalue weighted by Crippen LogP contribution is 2.30. The number of piperidine rings is 1. The monoisotopic (exact) mass is 405 g/mol. The van der Waals surface area contributed by atoms with E-state index in [0.29, 0.717) is 25.2 Å². The molecule has 0 bridgehead atoms. The highest BCUT2D eigenvalue weighted by atomic mass is 32.2. The first-order valence-electron chi connectivity index (χ1n) is 10.6. The summed E-state index contributed by atoms with van der Waals surface area (Å²) >= 11 is 0. The predicted molar refractivity (Wildman–Crippen MR) is 109 cm³/mol. The number of hydrogen-bond donors (Lipinski definition) is 0. The van der Waals surface area contributed by atoms with Crippen molar-refractivity contribution in [3.05, 3.63) is 29.8 Å². The van der Waals surface area contributed by atoms with Gasteiger partial charge in [0.25, 0.3) is 5.91 Å². The SMILES string of the molecule is CC1CCCCN1S(=O)(=O)c1cccc(C(=O)N2CCN(CC3CC3)CC2)c1. The Bertz CT molecular complexity index is 814. The van der Waals surface area contributed by atoms with Gasteiger partial charge in [-0.2, -0.15) is 4.31 Å². The van der Waals surface area contributed by atoms with Gasteiger partial charge in [-0.1, -0.05) is 12.5 Å². The van der Waals surface area contributed by atoms with Crippen LogP contribution in [0.1, 0.15) is 49.4 Å². The molecule has 1 saturated carbocycles. The highest BCUT2D eigenvalue weighted by Gasteiger charge is 2.32. The van der Waals surface area contributed by atoms with E-state index in [2.05, 4.69) is 4.90 Å². The van der Waals surface area contributed by atoms with Crippen LogP contribution in [0.25, 0.3) is 0 Å². The van der Waals surface area contributed by atoms with Crippen LogP contribution in [0.5, 0.6) is 0 Å². The van der Waals surface area contributed by atoms with Crippen molar-refractivity contribution >= 4 is 15.9 Å². The molecule has 6 nitrogen and oxygen atoms in total. The maximum absolute atomic E-state index is 13.1. The molecule has 1 amide bonds. The van der Waals surface area contributed by atoms with E-state index in [4.69, 9.17) is 0 Å². The van der Waals surface area contributed by atoms with Crippen LogP contribution in [-0.2, 0) is 10.0 Å². The van der Waals surface area contributed by atoms with Crippen LogP contribution in [0.15, 0.2) is 29.2 Å². The number of carbonyl (C=O) groups excluding carboxylic acids is 1. The summed E-state index contributed by atoms with van der Waals surface area (Å²) in [4.78, 5) is 17.5. The summed E-state index contributed by atoms with van der Waals surface area (Å²) in [5, 5.41) is 0. The molecule has 2 heterocycles. The topological polar surface area (TPSA) is 60.9 Å². The minimum absolute atomic E-state index is 0.0117. The molecule has 3 aliphatic rings. The lowest BCUT2D eigenvalue weighted by Crippen LogP contribution is -2.49. The van der Waals surface area contributed by atoms with Gasteiger partial charge in [0.1, 0.15) is 0 Å². The fourth-order valence-electron chi connectivity index (χ4n) is 4.34. The van der Waals surface area contributed by atoms with Gasteiger partial charge in [0.05, 0.1) is 4.90 Å². The molecule has 0 aromatic heterocycles. The van der Waals surface area contributed by atoms with E-state index < -0.39 is 10.0 Å². The van der Waals surface area contributed by atoms with Crippen LogP contribution in [-0.4, -0.2) is 73.7 Å². The Labute approximate surface area is 168 Å². The summed E-state index contributed by atoms with van der Waals surface area (Å²) in [6, 6.07) is 6.62. The Balaban J connectivity index is 1.45. The zero-order valence-corrected chi connectivity index (χ0v) is 17.5. The van der Waals surface area contributed by atoms with Gasteiger partial charge in [0.15, 0.2) is 0 Å². The summed E-state index contributed by atoms with van der Waals surface area (Å²) < 4.78 is 27.8. The summed E-state index contributed by atoms with van der Waals surface area (Å²) in [7, 11) is -3.56. The van der Waals surface area contributed by atoms with Crippen molar-refractivity contribution in [2.24, 2.45) is 5.92 Å². The maximum Gasteiger partial charge on any atom is 0.253 e. The van der Waals surface area contributed by atoms with Crippen LogP contribution in [0.2, 0.25) is 0 Å². The molecular weight excluding hydrogens is 374 g/mol. The van der Waals surface area contributed by atoms with E-state index in [9.17, 15) is 13.2 Å². The second-order valence-corrected chi connectivity index (χ2v) is 10.4. The molecule has 1 aliphatic carbocycles. The van der Waals surface area contributed by atoms with Crippen molar-refractivity contribution in [2.75, 3.05) is 39.3 Å². The number of sulfonamides is 1. The van der Waals surface area contributed by atoms with Crippen molar-refractivity contribution < 1.29 is 13.2 Å². The largest absolute Gasteiger partial charge is 0.336 e. The van der Waals surface area contributed by atoms with E-state index in [0.717, 1.165) is 44.8 Å². The molecule has 0 N–H and O–H groups in total. The Morgan fingerprint density at radius 2 is 1.79 bits per heavy atom. The molecule has 0 radical (unpaired) electrons. The average molecular weight is 406 g/mol. The van der Waals surface area contributed by atoms with Crippen LogP contribution >= 0.6 is 0 Å². The van der Waals surface area contributed by atoms with E-state index in [1.807, 2.05) is 11.8 Å². The molecule has 28 heavy (non-hydrogen) atoms. The first-order valence-corrected chi connectivity index (χ1v) is 12.0. The minimum Gasteiger partial charge on any atom is -0.336 e. The molecule has 154 valence electrons. The summed E-state index contributed by atoms with van der Waals surface area (Å²) in [6.07, 6.45) is 5.54. The van der Waals surface area contributed by atoms with Crippen molar-refractivity contribution in [1.82, 2.24) is 14.1 Å². The zero-order valence-electron chi connectivity index (χ0n) is 16.7. The molecule has 0 spiro atoms. The van der Waals surface area contributed by atoms with E-state index >= 15 is 0 Å². The first kappa shape index (κ1) is 19.9. The van der Waals surface area contributed by atoms with Crippen molar-refractivity contribution in [3.8, 4) is 0 Å². The number of nitrogens with zero attached hydrogens (tertiary/aromatic N) is 3. The van der Waals surface area contributed by atoms with Gasteiger partial charge in [0, 0.05) is 50.9 Å². The Morgan fingerprint density at radius 1 is 1.04 bits per heavy atom. The van der Waals surface area contributed by atoms with E-state index in [1.54, 1.807) is 28.6 Å². The quantitative estimate of drug-likeness (QED) is 0.755. The number of carbonyl (C=O) groups is 1. The zero-order chi connectivity index (χ0) is 19.7. The van der Waals surface area contributed by atoms with Gasteiger partial charge in [0.2, 0.25) is 10.0 Å². The molecule has 1 aromatic rings. The lowest BCUT2D eigenvalue weighted by atomic mass is 10.1. The molecule has 4 rings (SSSR count). The number of hydrogen-bond acceptors (Lipinski definition) is 4. The van der Waals surface area contributed by atoms with Gasteiger partial charge in [-0.25, -0.2) is 8.42 Å². The highest BCUT2D eigenvalue weighted by molar-refractivity contribution is 7.89. The second-order valence-electron chi connectivity index (χ2n) is 8.52. The smallest absolute Gasteiger partial charge is 0.253 e. The van der Waals surface area contributed by atoms with Crippen LogP contribution in [0.4, 0.5) is 0 Å². The molecule has 1 unspecified atom stereocenters. The third kappa shape index (κ3) is 4.26. The Hall–Kier alpha value is -1.44. The van der Waals surface area contributed by atoms with Crippen molar-refractivity contribution in [1.29, 1.82) is 0 Å². The Kier molecular flexibility index (Phi) is 5.76. The summed E-state index contributed by atoms with van der Waals surface area (Å²) in [5.41, 5.74) is 0.474. The standard InChI is InChI=1S/C21H31N3O3S/c1-17-5-2-3-10-24(17)28(26,27)20-7-4-6-19(15-20)21(25)23-13-11-22(12-14-23)16-18-8-9-18/h4,6-7,15,17-18H,2-3,5,8-14,16H2,1H3. The molecule has 3 fully saturated rings. The van der Waals surface area contributed by atoms with Gasteiger partial charge >= 0.3 is 0 Å². The molecule has 1 atom stereocenters. The number of rotatable bonds is 5.